The minimum Gasteiger partial charge on any atom is -0.480 e. The van der Waals surface area contributed by atoms with E-state index < -0.39 is 127 Å². The van der Waals surface area contributed by atoms with Gasteiger partial charge in [0.25, 0.3) is 0 Å². The van der Waals surface area contributed by atoms with Gasteiger partial charge in [-0.1, -0.05) is 13.8 Å². The standard InChI is InChI=1S/C36H59N15O11/c1-17(2)11-19(37)34(60)51-10-4-6-25(51)33(59)50-22(12-18-15-43-16-45-18)30(56)46-20(7-8-26(38)52)29(55)48-24(14-28(40)54)32(58)49-23(13-27(39)53)31(57)47-21(35(61)62)5-3-9-44-36(41)42/h15-17,19-25H,3-14,37H2,1-2H3,(H2,38,52)(H2,39,53)(H2,40,54)(H,43,45)(H,46,56)(H,47,57)(H,48,55)(H,49,58)(H,50,59)(H,61,62)(H4,41,42,44). The average Bonchev–Trinajstić information content (AvgIpc) is 3.88. The number of carbonyl (C=O) groups is 10. The minimum absolute atomic E-state index is 0.0218. The zero-order chi connectivity index (χ0) is 46.7. The van der Waals surface area contributed by atoms with Crippen molar-refractivity contribution >= 4 is 65.1 Å². The number of H-pyrrole nitrogens is 1. The number of guanidine groups is 1. The molecule has 0 saturated carbocycles. The summed E-state index contributed by atoms with van der Waals surface area (Å²) in [5.74, 6) is -10.4. The Morgan fingerprint density at radius 3 is 1.84 bits per heavy atom. The van der Waals surface area contributed by atoms with Gasteiger partial charge < -0.3 is 76.0 Å². The van der Waals surface area contributed by atoms with Crippen molar-refractivity contribution in [1.29, 1.82) is 0 Å². The number of amides is 9. The Morgan fingerprint density at radius 1 is 0.790 bits per heavy atom. The number of carbonyl (C=O) groups excluding carboxylic acids is 9. The van der Waals surface area contributed by atoms with Crippen LogP contribution in [0.3, 0.4) is 0 Å². The van der Waals surface area contributed by atoms with Crippen LogP contribution >= 0.6 is 0 Å². The topological polar surface area (TPSA) is 451 Å². The van der Waals surface area contributed by atoms with Crippen molar-refractivity contribution in [3.05, 3.63) is 18.2 Å². The molecule has 1 aliphatic heterocycles. The molecule has 1 saturated heterocycles. The summed E-state index contributed by atoms with van der Waals surface area (Å²) >= 11 is 0. The molecule has 1 aromatic heterocycles. The minimum atomic E-state index is -1.88. The van der Waals surface area contributed by atoms with Gasteiger partial charge in [0.1, 0.15) is 36.3 Å². The van der Waals surface area contributed by atoms with E-state index in [2.05, 4.69) is 41.5 Å². The molecule has 344 valence electrons. The summed E-state index contributed by atoms with van der Waals surface area (Å²) < 4.78 is 0. The number of aromatic nitrogens is 2. The van der Waals surface area contributed by atoms with Crippen LogP contribution in [-0.4, -0.2) is 140 Å². The monoisotopic (exact) mass is 877 g/mol. The van der Waals surface area contributed by atoms with Crippen molar-refractivity contribution < 1.29 is 53.1 Å². The van der Waals surface area contributed by atoms with E-state index in [-0.39, 0.29) is 50.7 Å². The Balaban J connectivity index is 2.34. The summed E-state index contributed by atoms with van der Waals surface area (Å²) in [6.07, 6.45) is 0.925. The molecule has 1 aromatic rings. The molecule has 1 aliphatic rings. The third-order valence-corrected chi connectivity index (χ3v) is 9.44. The zero-order valence-electron chi connectivity index (χ0n) is 34.6. The van der Waals surface area contributed by atoms with Gasteiger partial charge in [-0.25, -0.2) is 9.78 Å². The molecule has 62 heavy (non-hydrogen) atoms. The Kier molecular flexibility index (Phi) is 20.7. The summed E-state index contributed by atoms with van der Waals surface area (Å²) in [5, 5.41) is 21.3. The summed E-state index contributed by atoms with van der Waals surface area (Å²) in [7, 11) is 0. The van der Waals surface area contributed by atoms with Gasteiger partial charge >= 0.3 is 5.97 Å². The summed E-state index contributed by atoms with van der Waals surface area (Å²) in [6.45, 7) is 4.08. The fraction of sp³-hybridized carbons (Fsp3) is 0.611. The van der Waals surface area contributed by atoms with Gasteiger partial charge in [0.2, 0.25) is 53.2 Å². The number of carboxylic acids is 1. The predicted octanol–water partition coefficient (Wildman–Crippen LogP) is -6.10. The number of imidazole rings is 1. The second-order valence-electron chi connectivity index (χ2n) is 15.1. The fourth-order valence-corrected chi connectivity index (χ4v) is 6.44. The third kappa shape index (κ3) is 17.8. The van der Waals surface area contributed by atoms with Crippen LogP contribution < -0.4 is 61.0 Å². The lowest BCUT2D eigenvalue weighted by Crippen LogP contribution is -2.60. The number of aliphatic carboxylic acids is 1. The highest BCUT2D eigenvalue weighted by molar-refractivity contribution is 5.99. The van der Waals surface area contributed by atoms with Crippen molar-refractivity contribution in [3.63, 3.8) is 0 Å². The van der Waals surface area contributed by atoms with Crippen LogP contribution in [0.25, 0.3) is 0 Å². The first-order valence-corrected chi connectivity index (χ1v) is 19.8. The number of nitrogens with one attached hydrogen (secondary N) is 6. The number of likely N-dealkylation sites (tertiary alicyclic amines) is 1. The maximum absolute atomic E-state index is 13.9. The van der Waals surface area contributed by atoms with Crippen LogP contribution in [-0.2, 0) is 54.4 Å². The molecule has 9 amide bonds. The number of nitrogens with zero attached hydrogens (tertiary/aromatic N) is 3. The maximum atomic E-state index is 13.9. The van der Waals surface area contributed by atoms with Crippen LogP contribution in [0, 0.1) is 5.92 Å². The van der Waals surface area contributed by atoms with Gasteiger partial charge in [-0.3, -0.25) is 48.1 Å². The normalized spacial score (nSPS) is 16.3. The quantitative estimate of drug-likeness (QED) is 0.0222. The van der Waals surface area contributed by atoms with E-state index in [0.29, 0.717) is 18.5 Å². The first-order valence-electron chi connectivity index (χ1n) is 19.8. The lowest BCUT2D eigenvalue weighted by molar-refractivity contribution is -0.143. The highest BCUT2D eigenvalue weighted by Gasteiger charge is 2.39. The molecule has 0 spiro atoms. The van der Waals surface area contributed by atoms with Crippen molar-refractivity contribution in [2.45, 2.75) is 120 Å². The van der Waals surface area contributed by atoms with Gasteiger partial charge in [0.05, 0.1) is 25.2 Å². The largest absolute Gasteiger partial charge is 0.480 e. The number of aromatic amines is 1. The average molecular weight is 878 g/mol. The number of nitrogens with two attached hydrogens (primary N) is 6. The Labute approximate surface area is 356 Å². The van der Waals surface area contributed by atoms with Gasteiger partial charge in [0.15, 0.2) is 5.96 Å². The number of carboxylic acid groups (broad SMARTS) is 1. The highest BCUT2D eigenvalue weighted by Crippen LogP contribution is 2.20. The summed E-state index contributed by atoms with van der Waals surface area (Å²) in [4.78, 5) is 141. The first kappa shape index (κ1) is 51.3. The zero-order valence-corrected chi connectivity index (χ0v) is 34.6. The van der Waals surface area contributed by atoms with Gasteiger partial charge in [-0.05, 0) is 44.4 Å². The molecule has 2 rings (SSSR count). The van der Waals surface area contributed by atoms with Crippen molar-refractivity contribution in [2.75, 3.05) is 13.1 Å². The molecule has 0 aliphatic carbocycles. The van der Waals surface area contributed by atoms with Gasteiger partial charge in [-0.2, -0.15) is 0 Å². The van der Waals surface area contributed by atoms with Crippen LogP contribution in [0.15, 0.2) is 17.5 Å². The van der Waals surface area contributed by atoms with Crippen LogP contribution in [0.4, 0.5) is 0 Å². The molecule has 26 nitrogen and oxygen atoms in total. The molecule has 2 heterocycles. The van der Waals surface area contributed by atoms with E-state index in [4.69, 9.17) is 34.4 Å². The smallest absolute Gasteiger partial charge is 0.326 e. The molecule has 7 unspecified atom stereocenters. The SMILES string of the molecule is CC(C)CC(N)C(=O)N1CCCC1C(=O)NC(Cc1cnc[nH]1)C(=O)NC(CCC(N)=O)C(=O)NC(CC(N)=O)C(=O)NC(CC(N)=O)C(=O)NC(CCCN=C(N)N)C(=O)O. The van der Waals surface area contributed by atoms with E-state index in [1.54, 1.807) is 0 Å². The Bertz CT molecular complexity index is 1800. The Hall–Kier alpha value is -6.86. The van der Waals surface area contributed by atoms with Crippen molar-refractivity contribution in [3.8, 4) is 0 Å². The van der Waals surface area contributed by atoms with E-state index in [1.165, 1.54) is 17.4 Å². The number of hydrogen-bond acceptors (Lipinski definition) is 13. The summed E-state index contributed by atoms with van der Waals surface area (Å²) in [5.41, 5.74) is 33.0. The number of aliphatic imine (C=N–C) groups is 1. The lowest BCUT2D eigenvalue weighted by Gasteiger charge is -2.29. The predicted molar refractivity (Wildman–Crippen MR) is 218 cm³/mol. The molecule has 0 radical (unpaired) electrons. The van der Waals surface area contributed by atoms with Gasteiger partial charge in [0, 0.05) is 37.8 Å². The Morgan fingerprint density at radius 2 is 1.34 bits per heavy atom. The fourth-order valence-electron chi connectivity index (χ4n) is 6.44. The van der Waals surface area contributed by atoms with Crippen LogP contribution in [0.1, 0.15) is 77.3 Å². The number of rotatable bonds is 27. The molecule has 0 aromatic carbocycles. The second-order valence-corrected chi connectivity index (χ2v) is 15.1. The highest BCUT2D eigenvalue weighted by atomic mass is 16.4. The number of hydrogen-bond donors (Lipinski definition) is 13. The van der Waals surface area contributed by atoms with Crippen LogP contribution in [0.2, 0.25) is 0 Å². The first-order chi connectivity index (χ1) is 29.1. The molecule has 26 heteroatoms. The van der Waals surface area contributed by atoms with E-state index in [1.807, 2.05) is 13.8 Å². The molecular formula is C36H59N15O11. The summed E-state index contributed by atoms with van der Waals surface area (Å²) in [6, 6.07) is -10.1. The lowest BCUT2D eigenvalue weighted by atomic mass is 10.0. The van der Waals surface area contributed by atoms with Crippen LogP contribution in [0.5, 0.6) is 0 Å². The maximum Gasteiger partial charge on any atom is 0.326 e. The van der Waals surface area contributed by atoms with Crippen molar-refractivity contribution in [1.82, 2.24) is 41.5 Å². The van der Waals surface area contributed by atoms with Gasteiger partial charge in [-0.15, -0.1) is 0 Å². The van der Waals surface area contributed by atoms with E-state index in [0.717, 1.165) is 0 Å². The second kappa shape index (κ2) is 25.0. The number of primary amides is 3. The molecule has 0 bridgehead atoms. The molecular weight excluding hydrogens is 818 g/mol. The third-order valence-electron chi connectivity index (χ3n) is 9.44. The molecule has 7 atom stereocenters. The van der Waals surface area contributed by atoms with E-state index >= 15 is 0 Å². The van der Waals surface area contributed by atoms with E-state index in [9.17, 15) is 53.1 Å². The molecule has 19 N–H and O–H groups in total. The van der Waals surface area contributed by atoms with Crippen molar-refractivity contribution in [2.24, 2.45) is 45.3 Å². The molecule has 1 fully saturated rings.